The number of esters is 2. The molecule has 63 heavy (non-hydrogen) atoms. The van der Waals surface area contributed by atoms with Crippen molar-refractivity contribution in [2.45, 2.75) is 211 Å². The van der Waals surface area contributed by atoms with Crippen molar-refractivity contribution in [3.63, 3.8) is 0 Å². The molecule has 1 fully saturated rings. The van der Waals surface area contributed by atoms with Crippen molar-refractivity contribution in [1.29, 1.82) is 0 Å². The monoisotopic (exact) mass is 938 g/mol. The van der Waals surface area contributed by atoms with Gasteiger partial charge in [-0.2, -0.15) is 0 Å². The number of aliphatic hydroxyl groups excluding tert-OH is 4. The Balaban J connectivity index is 2.63. The first-order valence-corrected chi connectivity index (χ1v) is 26.2. The second-order valence-electron chi connectivity index (χ2n) is 16.1. The average Bonchev–Trinajstić information content (AvgIpc) is 3.23. The highest BCUT2D eigenvalue weighted by Gasteiger charge is 2.54. The Morgan fingerprint density at radius 1 is 0.508 bits per heavy atom. The first-order valence-electron chi connectivity index (χ1n) is 23.2. The highest BCUT2D eigenvalue weighted by Crippen LogP contribution is 2.49. The lowest BCUT2D eigenvalue weighted by atomic mass is 9.85. The molecule has 16 nitrogen and oxygen atoms in total. The van der Waals surface area contributed by atoms with Gasteiger partial charge in [-0.05, 0) is 77.0 Å². The number of hydrogen-bond acceptors (Lipinski definition) is 13. The number of rotatable bonds is 38. The van der Waals surface area contributed by atoms with Crippen LogP contribution in [0.1, 0.15) is 168 Å². The number of hydrogen-bond donors (Lipinski definition) is 7. The van der Waals surface area contributed by atoms with Crippen LogP contribution in [-0.2, 0) is 41.8 Å². The maximum absolute atomic E-state index is 13.0. The van der Waals surface area contributed by atoms with Crippen molar-refractivity contribution in [2.75, 3.05) is 13.2 Å². The minimum absolute atomic E-state index is 0.0236. The van der Waals surface area contributed by atoms with Crippen LogP contribution in [0.25, 0.3) is 0 Å². The van der Waals surface area contributed by atoms with Gasteiger partial charge in [-0.1, -0.05) is 127 Å². The molecule has 0 aliphatic heterocycles. The first kappa shape index (κ1) is 59.0. The molecule has 8 atom stereocenters. The van der Waals surface area contributed by atoms with Gasteiger partial charge in [-0.25, -0.2) is 9.13 Å². The summed E-state index contributed by atoms with van der Waals surface area (Å²) in [5.74, 6) is -1.24. The molecule has 0 aromatic carbocycles. The normalized spacial score (nSPS) is 22.4. The number of allylic oxidation sites excluding steroid dienone is 8. The zero-order valence-electron chi connectivity index (χ0n) is 37.7. The maximum Gasteiger partial charge on any atom is 0.472 e. The fourth-order valence-corrected chi connectivity index (χ4v) is 8.27. The summed E-state index contributed by atoms with van der Waals surface area (Å²) in [6.07, 6.45) is 25.0. The lowest BCUT2D eigenvalue weighted by Crippen LogP contribution is -2.64. The number of carbonyl (C=O) groups is 2. The van der Waals surface area contributed by atoms with Gasteiger partial charge in [0.25, 0.3) is 0 Å². The molecule has 0 aromatic rings. The Kier molecular flexibility index (Phi) is 33.8. The lowest BCUT2D eigenvalue weighted by molar-refractivity contribution is -0.216. The molecular weight excluding hydrogens is 858 g/mol. The lowest BCUT2D eigenvalue weighted by Gasteiger charge is -2.43. The molecule has 7 N–H and O–H groups in total. The molecule has 1 aliphatic carbocycles. The smallest absolute Gasteiger partial charge is 0.462 e. The van der Waals surface area contributed by atoms with Gasteiger partial charge in [0.2, 0.25) is 0 Å². The summed E-state index contributed by atoms with van der Waals surface area (Å²) in [6.45, 7) is 3.02. The zero-order valence-corrected chi connectivity index (χ0v) is 39.5. The van der Waals surface area contributed by atoms with Crippen LogP contribution in [-0.4, -0.2) is 103 Å². The van der Waals surface area contributed by atoms with Gasteiger partial charge >= 0.3 is 27.6 Å². The molecule has 0 spiro atoms. The molecule has 0 amide bonds. The van der Waals surface area contributed by atoms with E-state index in [0.717, 1.165) is 89.9 Å². The molecule has 1 rings (SSSR count). The number of phosphoric acid groups is 2. The highest BCUT2D eigenvalue weighted by atomic mass is 31.2. The minimum Gasteiger partial charge on any atom is -0.462 e. The van der Waals surface area contributed by atoms with Crippen LogP contribution in [0.4, 0.5) is 0 Å². The number of ether oxygens (including phenoxy) is 2. The molecule has 0 saturated heterocycles. The summed E-state index contributed by atoms with van der Waals surface area (Å²) >= 11 is 0. The molecule has 366 valence electrons. The van der Waals surface area contributed by atoms with Gasteiger partial charge in [0.15, 0.2) is 6.10 Å². The fourth-order valence-electron chi connectivity index (χ4n) is 6.73. The Bertz CT molecular complexity index is 1420. The van der Waals surface area contributed by atoms with E-state index >= 15 is 0 Å². The van der Waals surface area contributed by atoms with Crippen LogP contribution in [0.5, 0.6) is 0 Å². The Morgan fingerprint density at radius 3 is 1.38 bits per heavy atom. The number of aliphatic hydroxyl groups is 4. The molecular formula is C45H80O16P2. The van der Waals surface area contributed by atoms with E-state index in [1.165, 1.54) is 38.5 Å². The van der Waals surface area contributed by atoms with Crippen LogP contribution in [0, 0.1) is 0 Å². The summed E-state index contributed by atoms with van der Waals surface area (Å²) in [6, 6.07) is 0. The van der Waals surface area contributed by atoms with Crippen molar-refractivity contribution in [2.24, 2.45) is 0 Å². The summed E-state index contributed by atoms with van der Waals surface area (Å²) in [5, 5.41) is 41.2. The van der Waals surface area contributed by atoms with E-state index < -0.39 is 83.5 Å². The summed E-state index contributed by atoms with van der Waals surface area (Å²) < 4.78 is 49.3. The standard InChI is InChI=1S/C45H80O16P2/c1-3-5-7-9-11-13-15-17-19-21-23-25-27-29-31-33-38(46)57-35-37(59-39(47)34-32-30-28-26-24-22-20-18-16-14-12-10-8-6-4-2)36-58-63(55,56)61-45-42(50)40(48)41(49)44(43(45)51)60-62(52,53)54/h11-14,17-20,37,40-45,48-51H,3-10,15-16,21-36H2,1-2H3,(H,55,56)(H2,52,53,54)/b13-11-,14-12-,19-17-,20-18-/t37-,40?,41?,42?,43?,44-,45+/m1/s1. The Hall–Kier alpha value is -2.04. The third-order valence-electron chi connectivity index (χ3n) is 10.4. The maximum atomic E-state index is 13.0. The average molecular weight is 939 g/mol. The van der Waals surface area contributed by atoms with E-state index in [2.05, 4.69) is 67.0 Å². The molecule has 0 heterocycles. The van der Waals surface area contributed by atoms with Gasteiger partial charge < -0.3 is 44.6 Å². The fraction of sp³-hybridized carbons (Fsp3) is 0.778. The minimum atomic E-state index is -5.37. The summed E-state index contributed by atoms with van der Waals surface area (Å²) in [5.41, 5.74) is 0. The summed E-state index contributed by atoms with van der Waals surface area (Å²) in [7, 11) is -10.7. The van der Waals surface area contributed by atoms with Crippen LogP contribution in [0.2, 0.25) is 0 Å². The molecule has 1 saturated carbocycles. The Morgan fingerprint density at radius 2 is 0.921 bits per heavy atom. The van der Waals surface area contributed by atoms with Gasteiger partial charge in [0.05, 0.1) is 6.61 Å². The van der Waals surface area contributed by atoms with Crippen LogP contribution in [0.15, 0.2) is 48.6 Å². The van der Waals surface area contributed by atoms with E-state index in [-0.39, 0.29) is 12.8 Å². The molecule has 5 unspecified atom stereocenters. The van der Waals surface area contributed by atoms with Crippen LogP contribution >= 0.6 is 15.6 Å². The number of carbonyl (C=O) groups excluding carboxylic acids is 2. The third kappa shape index (κ3) is 30.7. The van der Waals surface area contributed by atoms with Gasteiger partial charge in [0.1, 0.15) is 43.2 Å². The van der Waals surface area contributed by atoms with Crippen molar-refractivity contribution in [3.8, 4) is 0 Å². The SMILES string of the molecule is CCCCC/C=C\C/C=C\CCCCCCCC(=O)OC[C@H](COP(=O)(O)O[C@H]1C(O)C(O)C(O)[C@@H](OP(=O)(O)O)C1O)OC(=O)CCCCCCC/C=C\C/C=C\CCCCC. The molecule has 18 heteroatoms. The first-order chi connectivity index (χ1) is 30.1. The van der Waals surface area contributed by atoms with Crippen molar-refractivity contribution >= 4 is 27.6 Å². The second-order valence-corrected chi connectivity index (χ2v) is 18.7. The van der Waals surface area contributed by atoms with E-state index in [0.29, 0.717) is 12.8 Å². The van der Waals surface area contributed by atoms with Gasteiger partial charge in [-0.15, -0.1) is 0 Å². The molecule has 0 aromatic heterocycles. The van der Waals surface area contributed by atoms with E-state index in [1.54, 1.807) is 0 Å². The van der Waals surface area contributed by atoms with Gasteiger partial charge in [-0.3, -0.25) is 23.2 Å². The van der Waals surface area contributed by atoms with Crippen LogP contribution < -0.4 is 0 Å². The molecule has 0 bridgehead atoms. The predicted octanol–water partition coefficient (Wildman–Crippen LogP) is 8.51. The highest BCUT2D eigenvalue weighted by molar-refractivity contribution is 7.47. The van der Waals surface area contributed by atoms with Gasteiger partial charge in [0, 0.05) is 12.8 Å². The van der Waals surface area contributed by atoms with Crippen molar-refractivity contribution in [3.05, 3.63) is 48.6 Å². The summed E-state index contributed by atoms with van der Waals surface area (Å²) in [4.78, 5) is 54.2. The molecule has 1 aliphatic rings. The van der Waals surface area contributed by atoms with Crippen molar-refractivity contribution < 1.29 is 76.9 Å². The number of unbranched alkanes of at least 4 members (excludes halogenated alkanes) is 16. The van der Waals surface area contributed by atoms with E-state index in [1.807, 2.05) is 0 Å². The second kappa shape index (κ2) is 36.1. The Labute approximate surface area is 376 Å². The predicted molar refractivity (Wildman–Crippen MR) is 241 cm³/mol. The quantitative estimate of drug-likeness (QED) is 0.0132. The van der Waals surface area contributed by atoms with Crippen LogP contribution in [0.3, 0.4) is 0 Å². The van der Waals surface area contributed by atoms with Crippen molar-refractivity contribution in [1.82, 2.24) is 0 Å². The number of phosphoric ester groups is 2. The molecule has 0 radical (unpaired) electrons. The van der Waals surface area contributed by atoms with E-state index in [9.17, 15) is 44.0 Å². The largest absolute Gasteiger partial charge is 0.472 e. The third-order valence-corrected chi connectivity index (χ3v) is 11.9. The topological polar surface area (TPSA) is 256 Å². The van der Waals surface area contributed by atoms with E-state index in [4.69, 9.17) is 28.3 Å². The zero-order chi connectivity index (χ0) is 46.8.